The molecule has 2 fully saturated rings. The lowest BCUT2D eigenvalue weighted by Crippen LogP contribution is -2.61. The van der Waals surface area contributed by atoms with E-state index in [0.29, 0.717) is 6.42 Å². The average Bonchev–Trinajstić information content (AvgIpc) is 3.58. The van der Waals surface area contributed by atoms with Crippen LogP contribution in [0.25, 0.3) is 0 Å². The summed E-state index contributed by atoms with van der Waals surface area (Å²) in [5, 5.41) is 22.1. The zero-order valence-corrected chi connectivity index (χ0v) is 32.9. The van der Waals surface area contributed by atoms with E-state index in [1.165, 1.54) is 20.1 Å². The van der Waals surface area contributed by atoms with Crippen LogP contribution in [0.4, 0.5) is 4.79 Å². The van der Waals surface area contributed by atoms with Crippen LogP contribution in [0.2, 0.25) is 0 Å². The van der Waals surface area contributed by atoms with Gasteiger partial charge >= 0.3 is 6.09 Å². The Balaban J connectivity index is 1.12. The summed E-state index contributed by atoms with van der Waals surface area (Å²) in [6.45, 7) is 1.69. The molecule has 0 spiro atoms. The van der Waals surface area contributed by atoms with Gasteiger partial charge in [-0.2, -0.15) is 0 Å². The van der Waals surface area contributed by atoms with E-state index in [4.69, 9.17) is 33.2 Å². The second kappa shape index (κ2) is 19.5. The summed E-state index contributed by atoms with van der Waals surface area (Å²) in [4.78, 5) is 40.8. The normalized spacial score (nSPS) is 28.5. The number of hydrogen-bond donors (Lipinski definition) is 2. The fourth-order valence-electron chi connectivity index (χ4n) is 7.13. The smallest absolute Gasteiger partial charge is 0.416 e. The van der Waals surface area contributed by atoms with Crippen molar-refractivity contribution in [1.29, 1.82) is 0 Å². The Morgan fingerprint density at radius 1 is 0.893 bits per heavy atom. The lowest BCUT2D eigenvalue weighted by atomic mass is 9.93. The minimum Gasteiger partial charge on any atom is -0.447 e. The first-order chi connectivity index (χ1) is 27.1. The van der Waals surface area contributed by atoms with Crippen molar-refractivity contribution >= 4 is 33.7 Å². The lowest BCUT2D eigenvalue weighted by molar-refractivity contribution is -0.320. The van der Waals surface area contributed by atoms with E-state index >= 15 is 0 Å². The highest BCUT2D eigenvalue weighted by Crippen LogP contribution is 2.37. The van der Waals surface area contributed by atoms with Crippen molar-refractivity contribution in [2.75, 3.05) is 26.9 Å². The largest absolute Gasteiger partial charge is 0.447 e. The first-order valence-electron chi connectivity index (χ1n) is 18.7. The van der Waals surface area contributed by atoms with Crippen molar-refractivity contribution in [3.8, 4) is 0 Å². The molecule has 9 atom stereocenters. The van der Waals surface area contributed by atoms with Gasteiger partial charge in [-0.15, -0.1) is 0 Å². The molecule has 2 amide bonds. The fraction of sp³-hybridized carbons (Fsp3) is 0.452. The van der Waals surface area contributed by atoms with E-state index in [2.05, 4.69) is 15.9 Å². The number of aliphatic hydroxyl groups is 2. The minimum atomic E-state index is -1.98. The first-order valence-corrected chi connectivity index (χ1v) is 19.5. The van der Waals surface area contributed by atoms with Crippen LogP contribution in [0.15, 0.2) is 102 Å². The van der Waals surface area contributed by atoms with Crippen LogP contribution in [-0.4, -0.2) is 108 Å². The molecular formula is C42H48BrNO12. The average molecular weight is 839 g/mol. The SMILES string of the molecule is COC1OC(CO)C(OCc2ccccc2)C(OCc2ccccc2)C1OCCCC1(O)OC(C(C)C(=O)N2C(=O)OCC2Cc2ccccc2)C(=O)C=C1Br. The van der Waals surface area contributed by atoms with Gasteiger partial charge in [-0.1, -0.05) is 97.9 Å². The van der Waals surface area contributed by atoms with Gasteiger partial charge in [-0.05, 0) is 51.5 Å². The summed E-state index contributed by atoms with van der Waals surface area (Å²) < 4.78 is 42.4. The number of ether oxygens (including phenoxy) is 7. The maximum absolute atomic E-state index is 13.8. The summed E-state index contributed by atoms with van der Waals surface area (Å²) in [7, 11) is 1.47. The van der Waals surface area contributed by atoms with E-state index < -0.39 is 72.3 Å². The van der Waals surface area contributed by atoms with Gasteiger partial charge in [0.1, 0.15) is 37.1 Å². The molecular weight excluding hydrogens is 790 g/mol. The third-order valence-electron chi connectivity index (χ3n) is 10.1. The highest BCUT2D eigenvalue weighted by atomic mass is 79.9. The Kier molecular flexibility index (Phi) is 14.6. The summed E-state index contributed by atoms with van der Waals surface area (Å²) in [5.74, 6) is -4.28. The van der Waals surface area contributed by atoms with Crippen LogP contribution >= 0.6 is 15.9 Å². The molecule has 0 aromatic heterocycles. The zero-order valence-electron chi connectivity index (χ0n) is 31.3. The standard InChI is InChI=1S/C42H48BrNO12/c1-27(39(47)44-31(26-54-41(44)48)21-28-13-6-3-7-14-28)35-32(46)22-34(43)42(49,56-35)19-12-20-51-38-37(53-25-30-17-10-5-11-18-30)36(33(23-45)55-40(38)50-2)52-24-29-15-8-4-9-16-29/h3-11,13-18,22,27,31,33,35-38,40,45,49H,12,19-21,23-26H2,1-2H3. The number of halogens is 1. The van der Waals surface area contributed by atoms with Gasteiger partial charge in [0.2, 0.25) is 5.91 Å². The van der Waals surface area contributed by atoms with Crippen LogP contribution in [0.3, 0.4) is 0 Å². The molecule has 0 radical (unpaired) electrons. The van der Waals surface area contributed by atoms with E-state index in [9.17, 15) is 24.6 Å². The number of cyclic esters (lactones) is 1. The molecule has 9 unspecified atom stereocenters. The van der Waals surface area contributed by atoms with E-state index in [1.54, 1.807) is 0 Å². The summed E-state index contributed by atoms with van der Waals surface area (Å²) >= 11 is 3.30. The maximum Gasteiger partial charge on any atom is 0.416 e. The maximum atomic E-state index is 13.8. The number of ketones is 1. The van der Waals surface area contributed by atoms with Gasteiger partial charge in [-0.25, -0.2) is 9.69 Å². The number of aliphatic hydroxyl groups excluding tert-OH is 1. The van der Waals surface area contributed by atoms with Crippen LogP contribution in [0, 0.1) is 5.92 Å². The Morgan fingerprint density at radius 2 is 1.48 bits per heavy atom. The van der Waals surface area contributed by atoms with Crippen LogP contribution in [0.1, 0.15) is 36.5 Å². The number of amides is 2. The monoisotopic (exact) mass is 837 g/mol. The molecule has 3 aliphatic rings. The molecule has 3 heterocycles. The number of benzene rings is 3. The Bertz CT molecular complexity index is 1780. The van der Waals surface area contributed by atoms with Crippen LogP contribution in [-0.2, 0) is 62.4 Å². The molecule has 3 aromatic rings. The zero-order chi connectivity index (χ0) is 39.7. The summed E-state index contributed by atoms with van der Waals surface area (Å²) in [6, 6.07) is 28.1. The number of rotatable bonds is 17. The molecule has 2 N–H and O–H groups in total. The highest BCUT2D eigenvalue weighted by molar-refractivity contribution is 9.11. The number of carbonyl (C=O) groups excluding carboxylic acids is 3. The predicted molar refractivity (Wildman–Crippen MR) is 205 cm³/mol. The van der Waals surface area contributed by atoms with E-state index in [-0.39, 0.29) is 50.4 Å². The quantitative estimate of drug-likeness (QED) is 0.179. The molecule has 3 aliphatic heterocycles. The Morgan fingerprint density at radius 3 is 2.07 bits per heavy atom. The van der Waals surface area contributed by atoms with Crippen molar-refractivity contribution in [1.82, 2.24) is 4.90 Å². The third kappa shape index (κ3) is 9.99. The highest BCUT2D eigenvalue weighted by Gasteiger charge is 2.50. The predicted octanol–water partition coefficient (Wildman–Crippen LogP) is 4.85. The van der Waals surface area contributed by atoms with Gasteiger partial charge < -0.3 is 43.4 Å². The van der Waals surface area contributed by atoms with Gasteiger partial charge in [0.15, 0.2) is 17.9 Å². The van der Waals surface area contributed by atoms with Gasteiger partial charge in [-0.3, -0.25) is 9.59 Å². The Labute approximate surface area is 334 Å². The van der Waals surface area contributed by atoms with Crippen LogP contribution < -0.4 is 0 Å². The van der Waals surface area contributed by atoms with Crippen molar-refractivity contribution in [3.63, 3.8) is 0 Å². The molecule has 6 rings (SSSR count). The number of carbonyl (C=O) groups is 3. The third-order valence-corrected chi connectivity index (χ3v) is 11.0. The number of nitrogens with zero attached hydrogens (tertiary/aromatic N) is 1. The molecule has 3 aromatic carbocycles. The summed E-state index contributed by atoms with van der Waals surface area (Å²) in [5.41, 5.74) is 2.77. The van der Waals surface area contributed by atoms with Crippen molar-refractivity contribution in [3.05, 3.63) is 118 Å². The first kappa shape index (κ1) is 41.8. The van der Waals surface area contributed by atoms with Gasteiger partial charge in [0, 0.05) is 20.1 Å². The molecule has 0 aliphatic carbocycles. The van der Waals surface area contributed by atoms with Crippen molar-refractivity contribution in [2.24, 2.45) is 5.92 Å². The van der Waals surface area contributed by atoms with Gasteiger partial charge in [0.05, 0.1) is 36.3 Å². The van der Waals surface area contributed by atoms with Crippen molar-refractivity contribution < 1.29 is 57.8 Å². The molecule has 0 saturated carbocycles. The second-order valence-electron chi connectivity index (χ2n) is 14.1. The topological polar surface area (TPSA) is 160 Å². The molecule has 13 nitrogen and oxygen atoms in total. The number of imide groups is 1. The molecule has 14 heteroatoms. The van der Waals surface area contributed by atoms with E-state index in [0.717, 1.165) is 21.6 Å². The van der Waals surface area contributed by atoms with Gasteiger partial charge in [0.25, 0.3) is 0 Å². The Hall–Kier alpha value is -3.83. The number of hydrogen-bond acceptors (Lipinski definition) is 12. The number of methoxy groups -OCH3 is 1. The molecule has 300 valence electrons. The van der Waals surface area contributed by atoms with Crippen LogP contribution in [0.5, 0.6) is 0 Å². The molecule has 56 heavy (non-hydrogen) atoms. The summed E-state index contributed by atoms with van der Waals surface area (Å²) in [6.07, 6.45) is -4.41. The second-order valence-corrected chi connectivity index (χ2v) is 14.9. The van der Waals surface area contributed by atoms with Crippen molar-refractivity contribution in [2.45, 2.75) is 88.0 Å². The fourth-order valence-corrected chi connectivity index (χ4v) is 7.65. The molecule has 0 bridgehead atoms. The van der Waals surface area contributed by atoms with E-state index in [1.807, 2.05) is 91.0 Å². The minimum absolute atomic E-state index is 0.0235. The molecule has 2 saturated heterocycles. The lowest BCUT2D eigenvalue weighted by Gasteiger charge is -2.45.